The summed E-state index contributed by atoms with van der Waals surface area (Å²) in [7, 11) is 0. The van der Waals surface area contributed by atoms with Crippen LogP contribution in [0.1, 0.15) is 58.8 Å². The Balaban J connectivity index is 0.00000264. The van der Waals surface area contributed by atoms with Gasteiger partial charge in [-0.2, -0.15) is 0 Å². The summed E-state index contributed by atoms with van der Waals surface area (Å²) in [5.74, 6) is -0.00689. The van der Waals surface area contributed by atoms with Crippen LogP contribution in [0.4, 0.5) is 0 Å². The van der Waals surface area contributed by atoms with E-state index < -0.39 is 5.54 Å². The van der Waals surface area contributed by atoms with Crippen LogP contribution in [0.15, 0.2) is 0 Å². The van der Waals surface area contributed by atoms with Crippen LogP contribution in [0.25, 0.3) is 0 Å². The first kappa shape index (κ1) is 20.7. The lowest BCUT2D eigenvalue weighted by Gasteiger charge is -2.48. The quantitative estimate of drug-likeness (QED) is 0.772. The van der Waals surface area contributed by atoms with Gasteiger partial charge in [-0.15, -0.1) is 12.4 Å². The van der Waals surface area contributed by atoms with E-state index in [9.17, 15) is 4.79 Å². The third kappa shape index (κ3) is 5.31. The summed E-state index contributed by atoms with van der Waals surface area (Å²) in [5, 5.41) is 3.17. The molecule has 0 bridgehead atoms. The van der Waals surface area contributed by atoms with Crippen LogP contribution in [0, 0.1) is 0 Å². The molecule has 2 aliphatic rings. The monoisotopic (exact) mass is 347 g/mol. The van der Waals surface area contributed by atoms with Gasteiger partial charge < -0.3 is 15.8 Å². The molecule has 136 valence electrons. The van der Waals surface area contributed by atoms with Gasteiger partial charge in [0, 0.05) is 25.2 Å². The largest absolute Gasteiger partial charge is 0.379 e. The first-order valence-electron chi connectivity index (χ1n) is 8.90. The van der Waals surface area contributed by atoms with Gasteiger partial charge in [0.25, 0.3) is 0 Å². The number of morpholine rings is 1. The first-order valence-corrected chi connectivity index (χ1v) is 8.90. The Kier molecular flexibility index (Phi) is 8.28. The molecule has 0 radical (unpaired) electrons. The molecule has 1 amide bonds. The van der Waals surface area contributed by atoms with E-state index in [0.29, 0.717) is 0 Å². The third-order valence-corrected chi connectivity index (χ3v) is 5.33. The molecule has 23 heavy (non-hydrogen) atoms. The molecule has 1 heterocycles. The van der Waals surface area contributed by atoms with Crippen LogP contribution in [-0.4, -0.2) is 54.7 Å². The summed E-state index contributed by atoms with van der Waals surface area (Å²) in [4.78, 5) is 15.0. The molecule has 1 saturated heterocycles. The fourth-order valence-electron chi connectivity index (χ4n) is 3.93. The number of nitrogens with zero attached hydrogens (tertiary/aromatic N) is 1. The normalized spacial score (nSPS) is 24.3. The lowest BCUT2D eigenvalue weighted by molar-refractivity contribution is -0.127. The molecular formula is C17H34ClN3O2. The van der Waals surface area contributed by atoms with Crippen molar-refractivity contribution in [2.75, 3.05) is 32.8 Å². The van der Waals surface area contributed by atoms with Crippen LogP contribution in [0.2, 0.25) is 0 Å². The van der Waals surface area contributed by atoms with Crippen molar-refractivity contribution in [1.82, 2.24) is 10.2 Å². The molecule has 1 aliphatic heterocycles. The molecule has 2 fully saturated rings. The maximum Gasteiger partial charge on any atom is 0.239 e. The summed E-state index contributed by atoms with van der Waals surface area (Å²) >= 11 is 0. The van der Waals surface area contributed by atoms with Gasteiger partial charge in [0.15, 0.2) is 0 Å². The highest BCUT2D eigenvalue weighted by molar-refractivity contribution is 5.85. The van der Waals surface area contributed by atoms with Crippen LogP contribution < -0.4 is 11.1 Å². The van der Waals surface area contributed by atoms with Crippen molar-refractivity contribution in [2.24, 2.45) is 5.73 Å². The van der Waals surface area contributed by atoms with Crippen molar-refractivity contribution in [3.05, 3.63) is 0 Å². The number of hydrogen-bond donors (Lipinski definition) is 2. The minimum atomic E-state index is -0.754. The summed E-state index contributed by atoms with van der Waals surface area (Å²) in [6.07, 6.45) is 7.80. The number of nitrogens with two attached hydrogens (primary N) is 1. The minimum Gasteiger partial charge on any atom is -0.379 e. The topological polar surface area (TPSA) is 67.6 Å². The highest BCUT2D eigenvalue weighted by Gasteiger charge is 2.39. The van der Waals surface area contributed by atoms with E-state index in [4.69, 9.17) is 10.5 Å². The average Bonchev–Trinajstić information content (AvgIpc) is 2.54. The number of ether oxygens (including phenoxy) is 1. The molecule has 3 N–H and O–H groups in total. The maximum absolute atomic E-state index is 12.4. The fraction of sp³-hybridized carbons (Fsp3) is 0.941. The lowest BCUT2D eigenvalue weighted by atomic mass is 9.79. The van der Waals surface area contributed by atoms with E-state index in [1.54, 1.807) is 0 Å². The number of hydrogen-bond acceptors (Lipinski definition) is 4. The van der Waals surface area contributed by atoms with Crippen molar-refractivity contribution in [2.45, 2.75) is 69.9 Å². The molecule has 1 unspecified atom stereocenters. The molecule has 1 saturated carbocycles. The predicted molar refractivity (Wildman–Crippen MR) is 96.0 cm³/mol. The number of rotatable bonds is 6. The van der Waals surface area contributed by atoms with Crippen molar-refractivity contribution in [3.8, 4) is 0 Å². The average molecular weight is 348 g/mol. The van der Waals surface area contributed by atoms with Gasteiger partial charge >= 0.3 is 0 Å². The molecule has 0 aromatic carbocycles. The highest BCUT2D eigenvalue weighted by Crippen LogP contribution is 2.34. The molecule has 1 aliphatic carbocycles. The zero-order valence-electron chi connectivity index (χ0n) is 14.7. The summed E-state index contributed by atoms with van der Waals surface area (Å²) in [6, 6.07) is 0. The Morgan fingerprint density at radius 1 is 1.26 bits per heavy atom. The molecule has 0 aromatic rings. The number of carbonyl (C=O) groups is 1. The summed E-state index contributed by atoms with van der Waals surface area (Å²) in [5.41, 5.74) is 5.52. The van der Waals surface area contributed by atoms with Gasteiger partial charge in [0.2, 0.25) is 5.91 Å². The van der Waals surface area contributed by atoms with Crippen molar-refractivity contribution < 1.29 is 9.53 Å². The smallest absolute Gasteiger partial charge is 0.239 e. The zero-order chi connectivity index (χ0) is 16.1. The second kappa shape index (κ2) is 9.21. The minimum absolute atomic E-state index is 0. The molecular weight excluding hydrogens is 314 g/mol. The lowest BCUT2D eigenvalue weighted by Crippen LogP contribution is -2.62. The first-order chi connectivity index (χ1) is 10.5. The molecule has 2 rings (SSSR count). The number of carbonyl (C=O) groups excluding carboxylic acids is 1. The van der Waals surface area contributed by atoms with E-state index >= 15 is 0 Å². The van der Waals surface area contributed by atoms with Crippen LogP contribution in [0.3, 0.4) is 0 Å². The van der Waals surface area contributed by atoms with Gasteiger partial charge in [-0.1, -0.05) is 32.6 Å². The second-order valence-electron chi connectivity index (χ2n) is 7.23. The van der Waals surface area contributed by atoms with E-state index in [1.807, 2.05) is 6.92 Å². The van der Waals surface area contributed by atoms with Crippen molar-refractivity contribution >= 4 is 18.3 Å². The number of amides is 1. The van der Waals surface area contributed by atoms with Crippen LogP contribution in [0.5, 0.6) is 0 Å². The molecule has 0 spiro atoms. The van der Waals surface area contributed by atoms with Gasteiger partial charge in [0.1, 0.15) is 0 Å². The van der Waals surface area contributed by atoms with Crippen LogP contribution in [-0.2, 0) is 9.53 Å². The molecule has 6 heteroatoms. The van der Waals surface area contributed by atoms with Crippen LogP contribution >= 0.6 is 12.4 Å². The number of nitrogens with one attached hydrogen (secondary N) is 1. The Morgan fingerprint density at radius 2 is 1.87 bits per heavy atom. The van der Waals surface area contributed by atoms with Crippen molar-refractivity contribution in [1.29, 1.82) is 0 Å². The van der Waals surface area contributed by atoms with Gasteiger partial charge in [-0.25, -0.2) is 0 Å². The summed E-state index contributed by atoms with van der Waals surface area (Å²) in [6.45, 7) is 8.20. The fourth-order valence-corrected chi connectivity index (χ4v) is 3.93. The van der Waals surface area contributed by atoms with Gasteiger partial charge in [-0.3, -0.25) is 9.69 Å². The maximum atomic E-state index is 12.4. The Bertz CT molecular complexity index is 365. The van der Waals surface area contributed by atoms with E-state index in [1.165, 1.54) is 32.1 Å². The van der Waals surface area contributed by atoms with Gasteiger partial charge in [0.05, 0.1) is 18.8 Å². The predicted octanol–water partition coefficient (Wildman–Crippen LogP) is 2.08. The Labute approximate surface area is 147 Å². The summed E-state index contributed by atoms with van der Waals surface area (Å²) < 4.78 is 5.50. The molecule has 5 nitrogen and oxygen atoms in total. The Hall–Kier alpha value is -0.360. The van der Waals surface area contributed by atoms with Crippen molar-refractivity contribution in [3.63, 3.8) is 0 Å². The van der Waals surface area contributed by atoms with E-state index in [2.05, 4.69) is 17.1 Å². The second-order valence-corrected chi connectivity index (χ2v) is 7.23. The molecule has 0 aromatic heterocycles. The SMILES string of the molecule is CCCC(C)(N)C(=O)NCC1(N2CCOCC2)CCCCC1.Cl. The van der Waals surface area contributed by atoms with E-state index in [0.717, 1.165) is 45.7 Å². The van der Waals surface area contributed by atoms with E-state index in [-0.39, 0.29) is 23.9 Å². The number of halogens is 1. The Morgan fingerprint density at radius 3 is 2.43 bits per heavy atom. The van der Waals surface area contributed by atoms with Gasteiger partial charge in [-0.05, 0) is 26.2 Å². The zero-order valence-corrected chi connectivity index (χ0v) is 15.6. The molecule has 1 atom stereocenters. The highest BCUT2D eigenvalue weighted by atomic mass is 35.5. The standard InChI is InChI=1S/C17H33N3O2.ClH/c1-3-7-16(2,18)15(21)19-14-17(8-5-4-6-9-17)20-10-12-22-13-11-20;/h3-14,18H2,1-2H3,(H,19,21);1H. The third-order valence-electron chi connectivity index (χ3n) is 5.33.